The summed E-state index contributed by atoms with van der Waals surface area (Å²) in [6, 6.07) is 12.4. The van der Waals surface area contributed by atoms with Crippen molar-refractivity contribution in [3.63, 3.8) is 0 Å². The lowest BCUT2D eigenvalue weighted by atomic mass is 10.1. The van der Waals surface area contributed by atoms with Crippen LogP contribution in [0.25, 0.3) is 0 Å². The van der Waals surface area contributed by atoms with Gasteiger partial charge in [0.25, 0.3) is 5.91 Å². The zero-order valence-corrected chi connectivity index (χ0v) is 19.3. The predicted octanol–water partition coefficient (Wildman–Crippen LogP) is 4.38. The van der Waals surface area contributed by atoms with Gasteiger partial charge < -0.3 is 25.0 Å². The summed E-state index contributed by atoms with van der Waals surface area (Å²) in [5.74, 6) is 0.702. The minimum absolute atomic E-state index is 0.204. The molecule has 2 aromatic rings. The topological polar surface area (TPSA) is 79.9 Å². The molecule has 2 aliphatic rings. The number of rotatable bonds is 8. The van der Waals surface area contributed by atoms with Crippen LogP contribution in [0.2, 0.25) is 0 Å². The second-order valence-corrected chi connectivity index (χ2v) is 8.61. The van der Waals surface area contributed by atoms with Gasteiger partial charge in [-0.2, -0.15) is 0 Å². The molecule has 33 heavy (non-hydrogen) atoms. The number of hydrogen-bond acceptors (Lipinski definition) is 5. The number of carbonyl (C=O) groups is 2. The van der Waals surface area contributed by atoms with Crippen LogP contribution in [0.15, 0.2) is 42.5 Å². The normalized spacial score (nSPS) is 16.1. The second kappa shape index (κ2) is 11.1. The summed E-state index contributed by atoms with van der Waals surface area (Å²) in [5.41, 5.74) is 2.31. The first-order valence-corrected chi connectivity index (χ1v) is 12.0. The van der Waals surface area contributed by atoms with Gasteiger partial charge in [0.1, 0.15) is 6.04 Å². The van der Waals surface area contributed by atoms with E-state index in [9.17, 15) is 9.59 Å². The maximum Gasteiger partial charge on any atom is 0.252 e. The molecule has 2 heterocycles. The lowest BCUT2D eigenvalue weighted by molar-refractivity contribution is -0.118. The van der Waals surface area contributed by atoms with E-state index in [4.69, 9.17) is 9.47 Å². The quantitative estimate of drug-likeness (QED) is 0.623. The number of nitrogens with one attached hydrogen (secondary N) is 2. The maximum absolute atomic E-state index is 13.1. The standard InChI is InChI=1S/C26H33N3O4/c1-2-3-10-22(26(31)27-20-8-6-9-21(18-20)29-13-4-5-14-29)28-25(30)19-11-12-23-24(17-19)33-16-7-15-32-23/h6,8-9,11-12,17-18,22H,2-5,7,10,13-16H2,1H3,(H,27,31)(H,28,30). The number of hydrogen-bond donors (Lipinski definition) is 2. The number of ether oxygens (including phenoxy) is 2. The Balaban J connectivity index is 1.44. The fourth-order valence-electron chi connectivity index (χ4n) is 4.21. The van der Waals surface area contributed by atoms with Gasteiger partial charge in [0, 0.05) is 36.4 Å². The molecule has 2 amide bonds. The van der Waals surface area contributed by atoms with Crippen LogP contribution in [0.3, 0.4) is 0 Å². The average Bonchev–Trinajstić information content (AvgIpc) is 3.27. The Morgan fingerprint density at radius 1 is 1.00 bits per heavy atom. The smallest absolute Gasteiger partial charge is 0.252 e. The van der Waals surface area contributed by atoms with Crippen LogP contribution in [0.4, 0.5) is 11.4 Å². The molecule has 2 N–H and O–H groups in total. The molecule has 1 saturated heterocycles. The fourth-order valence-corrected chi connectivity index (χ4v) is 4.21. The van der Waals surface area contributed by atoms with Crippen molar-refractivity contribution in [1.82, 2.24) is 5.32 Å². The first-order valence-electron chi connectivity index (χ1n) is 12.0. The van der Waals surface area contributed by atoms with E-state index in [0.29, 0.717) is 36.7 Å². The van der Waals surface area contributed by atoms with Gasteiger partial charge in [-0.25, -0.2) is 0 Å². The summed E-state index contributed by atoms with van der Waals surface area (Å²) in [4.78, 5) is 28.4. The third-order valence-corrected chi connectivity index (χ3v) is 6.06. The number of fused-ring (bicyclic) bond motifs is 1. The van der Waals surface area contributed by atoms with Gasteiger partial charge in [-0.15, -0.1) is 0 Å². The minimum atomic E-state index is -0.621. The lowest BCUT2D eigenvalue weighted by Gasteiger charge is -2.21. The molecule has 1 unspecified atom stereocenters. The van der Waals surface area contributed by atoms with E-state index in [2.05, 4.69) is 28.5 Å². The van der Waals surface area contributed by atoms with Crippen molar-refractivity contribution in [2.75, 3.05) is 36.5 Å². The van der Waals surface area contributed by atoms with Crippen LogP contribution in [0, 0.1) is 0 Å². The number of unbranched alkanes of at least 4 members (excludes halogenated alkanes) is 1. The summed E-state index contributed by atoms with van der Waals surface area (Å²) in [5, 5.41) is 5.93. The molecule has 0 aliphatic carbocycles. The minimum Gasteiger partial charge on any atom is -0.490 e. The van der Waals surface area contributed by atoms with Crippen LogP contribution in [-0.2, 0) is 4.79 Å². The molecule has 0 radical (unpaired) electrons. The molecule has 1 fully saturated rings. The number of anilines is 2. The van der Waals surface area contributed by atoms with Crippen molar-refractivity contribution in [1.29, 1.82) is 0 Å². The Hall–Kier alpha value is -3.22. The summed E-state index contributed by atoms with van der Waals surface area (Å²) in [7, 11) is 0. The van der Waals surface area contributed by atoms with Gasteiger partial charge >= 0.3 is 0 Å². The SMILES string of the molecule is CCCCC(NC(=O)c1ccc2c(c1)OCCCO2)C(=O)Nc1cccc(N2CCCC2)c1. The van der Waals surface area contributed by atoms with E-state index in [1.54, 1.807) is 18.2 Å². The van der Waals surface area contributed by atoms with Gasteiger partial charge in [0.15, 0.2) is 11.5 Å². The molecule has 7 nitrogen and oxygen atoms in total. The summed E-state index contributed by atoms with van der Waals surface area (Å²) in [6.45, 7) is 5.30. The monoisotopic (exact) mass is 451 g/mol. The highest BCUT2D eigenvalue weighted by Gasteiger charge is 2.23. The van der Waals surface area contributed by atoms with Gasteiger partial charge in [-0.3, -0.25) is 9.59 Å². The number of carbonyl (C=O) groups excluding carboxylic acids is 2. The van der Waals surface area contributed by atoms with Gasteiger partial charge in [0.05, 0.1) is 13.2 Å². The molecule has 176 valence electrons. The molecule has 2 aromatic carbocycles. The Morgan fingerprint density at radius 2 is 1.79 bits per heavy atom. The van der Waals surface area contributed by atoms with Crippen LogP contribution >= 0.6 is 0 Å². The number of amides is 2. The van der Waals surface area contributed by atoms with E-state index in [1.165, 1.54) is 12.8 Å². The molecule has 1 atom stereocenters. The van der Waals surface area contributed by atoms with Crippen molar-refractivity contribution in [2.45, 2.75) is 51.5 Å². The van der Waals surface area contributed by atoms with E-state index in [1.807, 2.05) is 18.2 Å². The molecule has 7 heteroatoms. The third kappa shape index (κ3) is 5.97. The van der Waals surface area contributed by atoms with Crippen molar-refractivity contribution in [2.24, 2.45) is 0 Å². The van der Waals surface area contributed by atoms with Crippen molar-refractivity contribution in [3.05, 3.63) is 48.0 Å². The lowest BCUT2D eigenvalue weighted by Crippen LogP contribution is -2.43. The zero-order chi connectivity index (χ0) is 23.0. The Labute approximate surface area is 195 Å². The average molecular weight is 452 g/mol. The molecule has 2 aliphatic heterocycles. The van der Waals surface area contributed by atoms with E-state index >= 15 is 0 Å². The first kappa shape index (κ1) is 23.0. The highest BCUT2D eigenvalue weighted by Crippen LogP contribution is 2.30. The number of benzene rings is 2. The van der Waals surface area contributed by atoms with Crippen LogP contribution in [0.1, 0.15) is 55.8 Å². The van der Waals surface area contributed by atoms with E-state index < -0.39 is 6.04 Å². The molecule has 0 spiro atoms. The molecule has 0 aromatic heterocycles. The largest absolute Gasteiger partial charge is 0.490 e. The molecule has 0 bridgehead atoms. The summed E-state index contributed by atoms with van der Waals surface area (Å²) in [6.07, 6.45) is 5.55. The van der Waals surface area contributed by atoms with Crippen LogP contribution in [-0.4, -0.2) is 44.2 Å². The van der Waals surface area contributed by atoms with Gasteiger partial charge in [-0.05, 0) is 55.7 Å². The fraction of sp³-hybridized carbons (Fsp3) is 0.462. The van der Waals surface area contributed by atoms with Crippen molar-refractivity contribution < 1.29 is 19.1 Å². The van der Waals surface area contributed by atoms with Gasteiger partial charge in [-0.1, -0.05) is 25.8 Å². The highest BCUT2D eigenvalue weighted by molar-refractivity contribution is 6.01. The number of nitrogens with zero attached hydrogens (tertiary/aromatic N) is 1. The molecule has 0 saturated carbocycles. The maximum atomic E-state index is 13.1. The Bertz CT molecular complexity index is 972. The summed E-state index contributed by atoms with van der Waals surface area (Å²) < 4.78 is 11.3. The Morgan fingerprint density at radius 3 is 2.58 bits per heavy atom. The third-order valence-electron chi connectivity index (χ3n) is 6.06. The second-order valence-electron chi connectivity index (χ2n) is 8.61. The van der Waals surface area contributed by atoms with E-state index in [0.717, 1.165) is 43.7 Å². The van der Waals surface area contributed by atoms with Gasteiger partial charge in [0.2, 0.25) is 5.91 Å². The first-order chi connectivity index (χ1) is 16.1. The Kier molecular flexibility index (Phi) is 7.70. The van der Waals surface area contributed by atoms with Crippen LogP contribution < -0.4 is 25.0 Å². The summed E-state index contributed by atoms with van der Waals surface area (Å²) >= 11 is 0. The highest BCUT2D eigenvalue weighted by atomic mass is 16.5. The van der Waals surface area contributed by atoms with Crippen molar-refractivity contribution in [3.8, 4) is 11.5 Å². The van der Waals surface area contributed by atoms with Crippen LogP contribution in [0.5, 0.6) is 11.5 Å². The zero-order valence-electron chi connectivity index (χ0n) is 19.3. The van der Waals surface area contributed by atoms with Crippen molar-refractivity contribution >= 4 is 23.2 Å². The molecular formula is C26H33N3O4. The predicted molar refractivity (Wildman–Crippen MR) is 129 cm³/mol. The van der Waals surface area contributed by atoms with E-state index in [-0.39, 0.29) is 11.8 Å². The molecule has 4 rings (SSSR count). The molecular weight excluding hydrogens is 418 g/mol.